The van der Waals surface area contributed by atoms with Gasteiger partial charge in [0.2, 0.25) is 5.60 Å². The van der Waals surface area contributed by atoms with Crippen molar-refractivity contribution < 1.29 is 55.2 Å². The number of aliphatic hydroxyl groups excluding tert-OH is 2. The van der Waals surface area contributed by atoms with Crippen LogP contribution in [0, 0.1) is 0 Å². The second-order valence-electron chi connectivity index (χ2n) is 8.87. The average molecular weight is 563 g/mol. The van der Waals surface area contributed by atoms with E-state index < -0.39 is 58.2 Å². The second kappa shape index (κ2) is 12.7. The van der Waals surface area contributed by atoms with Gasteiger partial charge in [-0.1, -0.05) is 42.5 Å². The van der Waals surface area contributed by atoms with Crippen LogP contribution in [0.5, 0.6) is 28.7 Å². The fraction of sp³-hybridized carbons (Fsp3) is 0.100. The maximum Gasteiger partial charge on any atom is 0.218 e. The van der Waals surface area contributed by atoms with Crippen LogP contribution < -0.4 is 0 Å². The molecule has 3 rings (SSSR count). The zero-order chi connectivity index (χ0) is 30.3. The molecule has 0 aliphatic rings. The Morgan fingerprint density at radius 3 is 1.44 bits per heavy atom. The first-order chi connectivity index (χ1) is 19.3. The van der Waals surface area contributed by atoms with Gasteiger partial charge < -0.3 is 40.9 Å². The van der Waals surface area contributed by atoms with Crippen LogP contribution in [0.15, 0.2) is 78.9 Å². The first-order valence-corrected chi connectivity index (χ1v) is 11.9. The minimum Gasteiger partial charge on any atom is -0.508 e. The predicted molar refractivity (Wildman–Crippen MR) is 147 cm³/mol. The van der Waals surface area contributed by atoms with Gasteiger partial charge in [-0.15, -0.1) is 0 Å². The number of aromatic hydroxyl groups is 5. The maximum absolute atomic E-state index is 13.1. The van der Waals surface area contributed by atoms with Crippen molar-refractivity contribution in [3.05, 3.63) is 95.6 Å². The van der Waals surface area contributed by atoms with Gasteiger partial charge in [-0.3, -0.25) is 14.4 Å². The minimum absolute atomic E-state index is 0.0304. The van der Waals surface area contributed by atoms with Gasteiger partial charge in [-0.2, -0.15) is 0 Å². The largest absolute Gasteiger partial charge is 0.508 e. The molecule has 0 spiro atoms. The van der Waals surface area contributed by atoms with Crippen LogP contribution >= 0.6 is 0 Å². The monoisotopic (exact) mass is 562 g/mol. The van der Waals surface area contributed by atoms with Gasteiger partial charge in [0, 0.05) is 0 Å². The van der Waals surface area contributed by atoms with Crippen LogP contribution in [0.2, 0.25) is 0 Å². The summed E-state index contributed by atoms with van der Waals surface area (Å²) in [5, 5.41) is 80.1. The van der Waals surface area contributed by atoms with Crippen molar-refractivity contribution in [2.45, 2.75) is 17.8 Å². The maximum atomic E-state index is 13.1. The molecular weight excluding hydrogens is 536 g/mol. The summed E-state index contributed by atoms with van der Waals surface area (Å²) in [7, 11) is 0. The lowest BCUT2D eigenvalue weighted by molar-refractivity contribution is -0.168. The Kier molecular flexibility index (Phi) is 9.43. The zero-order valence-corrected chi connectivity index (χ0v) is 21.2. The molecule has 11 heteroatoms. The highest BCUT2D eigenvalue weighted by molar-refractivity contribution is 6.21. The van der Waals surface area contributed by atoms with Gasteiger partial charge in [-0.05, 0) is 71.3 Å². The Hall–Kier alpha value is -5.23. The van der Waals surface area contributed by atoms with Crippen LogP contribution in [0.4, 0.5) is 0 Å². The van der Waals surface area contributed by atoms with Gasteiger partial charge in [0.15, 0.2) is 40.3 Å². The highest BCUT2D eigenvalue weighted by Gasteiger charge is 2.51. The number of rotatable bonds is 11. The third-order valence-corrected chi connectivity index (χ3v) is 5.96. The van der Waals surface area contributed by atoms with Crippen molar-refractivity contribution >= 4 is 35.6 Å². The molecule has 3 aromatic carbocycles. The molecule has 212 valence electrons. The summed E-state index contributed by atoms with van der Waals surface area (Å²) in [5.74, 6) is -5.99. The highest BCUT2D eigenvalue weighted by atomic mass is 16.4. The van der Waals surface area contributed by atoms with Crippen molar-refractivity contribution in [1.29, 1.82) is 0 Å². The smallest absolute Gasteiger partial charge is 0.218 e. The molecule has 2 atom stereocenters. The summed E-state index contributed by atoms with van der Waals surface area (Å²) in [4.78, 5) is 38.8. The second-order valence-corrected chi connectivity index (χ2v) is 8.87. The number of carbonyl (C=O) groups is 3. The number of ketones is 3. The van der Waals surface area contributed by atoms with Crippen molar-refractivity contribution in [1.82, 2.24) is 0 Å². The molecule has 2 unspecified atom stereocenters. The van der Waals surface area contributed by atoms with Crippen molar-refractivity contribution in [3.8, 4) is 28.7 Å². The average Bonchev–Trinajstić information content (AvgIpc) is 2.96. The number of hydrogen-bond donors (Lipinski definition) is 8. The molecule has 0 aliphatic carbocycles. The molecule has 0 aromatic heterocycles. The van der Waals surface area contributed by atoms with Gasteiger partial charge in [0.25, 0.3) is 0 Å². The molecule has 0 aliphatic heterocycles. The van der Waals surface area contributed by atoms with E-state index in [4.69, 9.17) is 0 Å². The van der Waals surface area contributed by atoms with Crippen molar-refractivity contribution in [3.63, 3.8) is 0 Å². The fourth-order valence-electron chi connectivity index (χ4n) is 3.55. The van der Waals surface area contributed by atoms with Crippen molar-refractivity contribution in [2.24, 2.45) is 0 Å². The van der Waals surface area contributed by atoms with Gasteiger partial charge in [-0.25, -0.2) is 0 Å². The molecule has 41 heavy (non-hydrogen) atoms. The summed E-state index contributed by atoms with van der Waals surface area (Å²) in [6, 6.07) is 12.5. The number of benzene rings is 3. The van der Waals surface area contributed by atoms with Crippen molar-refractivity contribution in [2.75, 3.05) is 0 Å². The quantitative estimate of drug-likeness (QED) is 0.0958. The minimum atomic E-state index is -3.38. The summed E-state index contributed by atoms with van der Waals surface area (Å²) in [6.07, 6.45) is 0.427. The summed E-state index contributed by atoms with van der Waals surface area (Å²) >= 11 is 0. The molecular formula is C30H26O11. The van der Waals surface area contributed by atoms with E-state index in [1.54, 1.807) is 0 Å². The molecule has 3 aromatic rings. The molecule has 0 fully saturated rings. The van der Waals surface area contributed by atoms with Crippen LogP contribution in [-0.4, -0.2) is 76.0 Å². The SMILES string of the molecule is O=C(/C=C/c1ccc(O)cc1)C(O)C(O)C(O)(C(=O)/C=C/c1ccc(O)c(O)c1)C(=O)/C=C/c1ccc(O)c(O)c1. The van der Waals surface area contributed by atoms with Crippen LogP contribution in [0.3, 0.4) is 0 Å². The number of phenols is 5. The number of hydrogen-bond acceptors (Lipinski definition) is 11. The predicted octanol–water partition coefficient (Wildman–Crippen LogP) is 1.81. The summed E-state index contributed by atoms with van der Waals surface area (Å²) in [5.41, 5.74) is -2.64. The Morgan fingerprint density at radius 2 is 1.00 bits per heavy atom. The van der Waals surface area contributed by atoms with Gasteiger partial charge in [0.1, 0.15) is 18.0 Å². The summed E-state index contributed by atoms with van der Waals surface area (Å²) in [6.45, 7) is 0. The van der Waals surface area contributed by atoms with Gasteiger partial charge >= 0.3 is 0 Å². The van der Waals surface area contributed by atoms with E-state index in [-0.39, 0.29) is 16.9 Å². The Morgan fingerprint density at radius 1 is 0.585 bits per heavy atom. The first-order valence-electron chi connectivity index (χ1n) is 11.9. The standard InChI is InChI=1S/C30H26O11/c31-20-8-1-17(2-9-20)3-12-23(34)28(39)29(40)30(41,26(37)13-6-18-4-10-21(32)24(35)15-18)27(38)14-7-19-5-11-22(33)25(36)16-19/h1-16,28-29,31-33,35-36,39-41H/b12-3+,13-6+,14-7+. The number of aliphatic hydroxyl groups is 3. The lowest BCUT2D eigenvalue weighted by atomic mass is 9.82. The first kappa shape index (κ1) is 30.3. The Labute approximate surface area is 233 Å². The van der Waals surface area contributed by atoms with E-state index in [1.165, 1.54) is 42.5 Å². The molecule has 11 nitrogen and oxygen atoms in total. The Bertz CT molecular complexity index is 1460. The molecule has 0 saturated heterocycles. The molecule has 0 saturated carbocycles. The Balaban J connectivity index is 1.94. The third-order valence-electron chi connectivity index (χ3n) is 5.96. The normalized spacial score (nSPS) is 13.5. The van der Waals surface area contributed by atoms with Crippen LogP contribution in [0.1, 0.15) is 16.7 Å². The third kappa shape index (κ3) is 7.25. The van der Waals surface area contributed by atoms with E-state index in [9.17, 15) is 55.2 Å². The van der Waals surface area contributed by atoms with E-state index in [1.807, 2.05) is 0 Å². The summed E-state index contributed by atoms with van der Waals surface area (Å²) < 4.78 is 0. The molecule has 0 radical (unpaired) electrons. The van der Waals surface area contributed by atoms with E-state index >= 15 is 0 Å². The van der Waals surface area contributed by atoms with Gasteiger partial charge in [0.05, 0.1) is 0 Å². The topological polar surface area (TPSA) is 213 Å². The van der Waals surface area contributed by atoms with Crippen LogP contribution in [0.25, 0.3) is 18.2 Å². The number of carbonyl (C=O) groups excluding carboxylic acids is 3. The zero-order valence-electron chi connectivity index (χ0n) is 21.2. The van der Waals surface area contributed by atoms with E-state index in [2.05, 4.69) is 0 Å². The highest BCUT2D eigenvalue weighted by Crippen LogP contribution is 2.28. The fourth-order valence-corrected chi connectivity index (χ4v) is 3.55. The lowest BCUT2D eigenvalue weighted by Gasteiger charge is -2.30. The molecule has 0 amide bonds. The molecule has 8 N–H and O–H groups in total. The molecule has 0 heterocycles. The molecule has 0 bridgehead atoms. The lowest BCUT2D eigenvalue weighted by Crippen LogP contribution is -2.60. The number of phenolic OH excluding ortho intramolecular Hbond substituents is 5. The van der Waals surface area contributed by atoms with E-state index in [0.29, 0.717) is 17.7 Å². The van der Waals surface area contributed by atoms with E-state index in [0.717, 1.165) is 42.5 Å². The van der Waals surface area contributed by atoms with Crippen LogP contribution in [-0.2, 0) is 14.4 Å².